The van der Waals surface area contributed by atoms with E-state index in [1.807, 2.05) is 48.8 Å². The van der Waals surface area contributed by atoms with Gasteiger partial charge in [-0.2, -0.15) is 0 Å². The third kappa shape index (κ3) is 6.46. The van der Waals surface area contributed by atoms with E-state index in [4.69, 9.17) is 23.2 Å². The molecule has 6 rings (SSSR count). The molecule has 42 heavy (non-hydrogen) atoms. The summed E-state index contributed by atoms with van der Waals surface area (Å²) >= 11 is 11.7. The summed E-state index contributed by atoms with van der Waals surface area (Å²) in [6.07, 6.45) is 7.10. The van der Waals surface area contributed by atoms with E-state index < -0.39 is 0 Å². The number of fused-ring (bicyclic) bond motifs is 2. The van der Waals surface area contributed by atoms with E-state index in [1.165, 1.54) is 6.20 Å². The SMILES string of the molecule is CCn1ccc2ccc(NC(=O)c3ccc(Cl)nc3)cc21.CCn1ccc2ccc(NC(=O)c3cccnc3Cl)cc21. The molecule has 10 heteroatoms. The Balaban J connectivity index is 0.000000168. The lowest BCUT2D eigenvalue weighted by atomic mass is 10.2. The number of pyridine rings is 2. The maximum atomic E-state index is 12.2. The van der Waals surface area contributed by atoms with Gasteiger partial charge in [-0.3, -0.25) is 9.59 Å². The van der Waals surface area contributed by atoms with Crippen molar-refractivity contribution in [2.45, 2.75) is 26.9 Å². The first-order chi connectivity index (χ1) is 20.4. The van der Waals surface area contributed by atoms with Gasteiger partial charge in [-0.1, -0.05) is 35.3 Å². The number of nitrogens with zero attached hydrogens (tertiary/aromatic N) is 4. The monoisotopic (exact) mass is 598 g/mol. The summed E-state index contributed by atoms with van der Waals surface area (Å²) in [5, 5.41) is 8.61. The Morgan fingerprint density at radius 2 is 1.33 bits per heavy atom. The number of amides is 2. The number of aryl methyl sites for hydroxylation is 2. The van der Waals surface area contributed by atoms with Crippen molar-refractivity contribution in [2.75, 3.05) is 10.6 Å². The van der Waals surface area contributed by atoms with Crippen LogP contribution in [0.15, 0.2) is 97.6 Å². The number of anilines is 2. The number of benzene rings is 2. The summed E-state index contributed by atoms with van der Waals surface area (Å²) in [7, 11) is 0. The molecule has 212 valence electrons. The third-order valence-corrected chi connectivity index (χ3v) is 7.26. The Morgan fingerprint density at radius 1 is 0.738 bits per heavy atom. The van der Waals surface area contributed by atoms with Gasteiger partial charge in [0.05, 0.1) is 22.2 Å². The minimum atomic E-state index is -0.262. The van der Waals surface area contributed by atoms with E-state index >= 15 is 0 Å². The zero-order valence-electron chi connectivity index (χ0n) is 23.0. The molecule has 0 bridgehead atoms. The fourth-order valence-corrected chi connectivity index (χ4v) is 4.86. The molecular weight excluding hydrogens is 571 g/mol. The van der Waals surface area contributed by atoms with Gasteiger partial charge in [0.15, 0.2) is 0 Å². The van der Waals surface area contributed by atoms with Gasteiger partial charge >= 0.3 is 0 Å². The average Bonchev–Trinajstić information content (AvgIpc) is 3.61. The van der Waals surface area contributed by atoms with Gasteiger partial charge in [-0.15, -0.1) is 0 Å². The van der Waals surface area contributed by atoms with Crippen LogP contribution in [0.3, 0.4) is 0 Å². The highest BCUT2D eigenvalue weighted by Gasteiger charge is 2.12. The molecule has 0 aliphatic rings. The number of carbonyl (C=O) groups excluding carboxylic acids is 2. The molecule has 0 fully saturated rings. The van der Waals surface area contributed by atoms with Gasteiger partial charge in [0.1, 0.15) is 10.3 Å². The first-order valence-corrected chi connectivity index (χ1v) is 14.1. The first kappa shape index (κ1) is 28.9. The highest BCUT2D eigenvalue weighted by atomic mass is 35.5. The average molecular weight is 600 g/mol. The summed E-state index contributed by atoms with van der Waals surface area (Å²) in [6, 6.07) is 22.4. The predicted octanol–water partition coefficient (Wildman–Crippen LogP) is 7.92. The van der Waals surface area contributed by atoms with Crippen LogP contribution in [0.25, 0.3) is 21.8 Å². The maximum Gasteiger partial charge on any atom is 0.258 e. The molecule has 0 aliphatic carbocycles. The summed E-state index contributed by atoms with van der Waals surface area (Å²) in [5.41, 5.74) is 4.53. The van der Waals surface area contributed by atoms with Gasteiger partial charge in [-0.25, -0.2) is 9.97 Å². The number of nitrogens with one attached hydrogen (secondary N) is 2. The molecule has 2 N–H and O–H groups in total. The first-order valence-electron chi connectivity index (χ1n) is 13.4. The second-order valence-electron chi connectivity index (χ2n) is 9.37. The van der Waals surface area contributed by atoms with E-state index in [1.54, 1.807) is 30.5 Å². The zero-order chi connectivity index (χ0) is 29.6. The number of hydrogen-bond donors (Lipinski definition) is 2. The molecule has 0 saturated heterocycles. The molecule has 6 aromatic rings. The lowest BCUT2D eigenvalue weighted by Crippen LogP contribution is -2.12. The van der Waals surface area contributed by atoms with Crippen LogP contribution in [0.2, 0.25) is 10.3 Å². The van der Waals surface area contributed by atoms with E-state index in [2.05, 4.69) is 55.7 Å². The van der Waals surface area contributed by atoms with Crippen LogP contribution in [0, 0.1) is 0 Å². The molecule has 2 amide bonds. The van der Waals surface area contributed by atoms with Crippen molar-refractivity contribution >= 4 is 68.2 Å². The molecule has 0 saturated carbocycles. The summed E-state index contributed by atoms with van der Waals surface area (Å²) in [4.78, 5) is 32.2. The van der Waals surface area contributed by atoms with E-state index in [0.717, 1.165) is 46.3 Å². The Bertz CT molecular complexity index is 1880. The molecular formula is C32H28Cl2N6O2. The van der Waals surface area contributed by atoms with Gasteiger partial charge in [0.2, 0.25) is 0 Å². The Morgan fingerprint density at radius 3 is 1.86 bits per heavy atom. The van der Waals surface area contributed by atoms with Crippen LogP contribution in [0.5, 0.6) is 0 Å². The quantitative estimate of drug-likeness (QED) is 0.190. The third-order valence-electron chi connectivity index (χ3n) is 6.74. The van der Waals surface area contributed by atoms with Crippen molar-refractivity contribution in [1.82, 2.24) is 19.1 Å². The molecule has 4 heterocycles. The van der Waals surface area contributed by atoms with Crippen molar-refractivity contribution in [3.05, 3.63) is 119 Å². The smallest absolute Gasteiger partial charge is 0.258 e. The van der Waals surface area contributed by atoms with Crippen LogP contribution in [-0.2, 0) is 13.1 Å². The Kier molecular flexibility index (Phi) is 8.85. The molecule has 0 aliphatic heterocycles. The number of carbonyl (C=O) groups is 2. The van der Waals surface area contributed by atoms with Crippen molar-refractivity contribution < 1.29 is 9.59 Å². The van der Waals surface area contributed by atoms with E-state index in [-0.39, 0.29) is 17.0 Å². The molecule has 8 nitrogen and oxygen atoms in total. The van der Waals surface area contributed by atoms with Crippen LogP contribution >= 0.6 is 23.2 Å². The van der Waals surface area contributed by atoms with Crippen molar-refractivity contribution in [3.63, 3.8) is 0 Å². The van der Waals surface area contributed by atoms with Gasteiger partial charge < -0.3 is 19.8 Å². The molecule has 0 radical (unpaired) electrons. The fraction of sp³-hybridized carbons (Fsp3) is 0.125. The van der Waals surface area contributed by atoms with Crippen LogP contribution < -0.4 is 10.6 Å². The Labute approximate surface area is 252 Å². The maximum absolute atomic E-state index is 12.2. The molecule has 0 spiro atoms. The predicted molar refractivity (Wildman–Crippen MR) is 170 cm³/mol. The molecule has 4 aromatic heterocycles. The summed E-state index contributed by atoms with van der Waals surface area (Å²) in [5.74, 6) is -0.463. The molecule has 2 aromatic carbocycles. The lowest BCUT2D eigenvalue weighted by molar-refractivity contribution is 0.101. The van der Waals surface area contributed by atoms with Gasteiger partial charge in [0, 0.05) is 49.3 Å². The van der Waals surface area contributed by atoms with E-state index in [9.17, 15) is 9.59 Å². The highest BCUT2D eigenvalue weighted by molar-refractivity contribution is 6.33. The minimum absolute atomic E-state index is 0.201. The largest absolute Gasteiger partial charge is 0.348 e. The summed E-state index contributed by atoms with van der Waals surface area (Å²) < 4.78 is 4.26. The lowest BCUT2D eigenvalue weighted by Gasteiger charge is -2.07. The van der Waals surface area contributed by atoms with Crippen molar-refractivity contribution in [3.8, 4) is 0 Å². The fourth-order valence-electron chi connectivity index (χ4n) is 4.54. The molecule has 0 atom stereocenters. The van der Waals surface area contributed by atoms with Crippen LogP contribution in [0.1, 0.15) is 34.6 Å². The highest BCUT2D eigenvalue weighted by Crippen LogP contribution is 2.23. The standard InChI is InChI=1S/2C16H14ClN3O/c1-2-20-8-7-11-3-5-13(9-14(11)20)19-16(21)12-4-6-15(17)18-10-12;1-2-20-9-7-11-5-6-12(10-14(11)20)19-16(21)13-4-3-8-18-15(13)17/h2*3-10H,2H2,1H3,(H,19,21). The van der Waals surface area contributed by atoms with Crippen LogP contribution in [0.4, 0.5) is 11.4 Å². The molecule has 0 unspecified atom stereocenters. The number of rotatable bonds is 6. The second kappa shape index (κ2) is 12.9. The second-order valence-corrected chi connectivity index (χ2v) is 10.1. The minimum Gasteiger partial charge on any atom is -0.348 e. The topological polar surface area (TPSA) is 93.8 Å². The number of aromatic nitrogens is 4. The van der Waals surface area contributed by atoms with Crippen LogP contribution in [-0.4, -0.2) is 30.9 Å². The zero-order valence-corrected chi connectivity index (χ0v) is 24.5. The van der Waals surface area contributed by atoms with Gasteiger partial charge in [0.25, 0.3) is 11.8 Å². The summed E-state index contributed by atoms with van der Waals surface area (Å²) in [6.45, 7) is 5.95. The number of hydrogen-bond acceptors (Lipinski definition) is 4. The van der Waals surface area contributed by atoms with Crippen molar-refractivity contribution in [1.29, 1.82) is 0 Å². The van der Waals surface area contributed by atoms with E-state index in [0.29, 0.717) is 16.3 Å². The Hall–Kier alpha value is -4.66. The van der Waals surface area contributed by atoms with Crippen molar-refractivity contribution in [2.24, 2.45) is 0 Å². The van der Waals surface area contributed by atoms with Gasteiger partial charge in [-0.05, 0) is 85.3 Å². The number of halogens is 2. The normalized spacial score (nSPS) is 10.8.